The molecule has 1 aliphatic heterocycles. The van der Waals surface area contributed by atoms with Crippen LogP contribution < -0.4 is 10.6 Å². The third-order valence-corrected chi connectivity index (χ3v) is 5.15. The van der Waals surface area contributed by atoms with E-state index in [1.165, 1.54) is 11.1 Å². The second kappa shape index (κ2) is 6.80. The van der Waals surface area contributed by atoms with Gasteiger partial charge in [0.15, 0.2) is 0 Å². The van der Waals surface area contributed by atoms with Crippen molar-refractivity contribution in [2.45, 2.75) is 38.1 Å². The standard InChI is InChI=1S/C18H26N2O2/c1-22-13-18(8-10-19-11-9-18)17(21)20-16-7-6-14-4-2-3-5-15(14)12-16/h2-5,16,19H,6-13H2,1H3,(H,20,21). The lowest BCUT2D eigenvalue weighted by Gasteiger charge is -2.37. The molecule has 120 valence electrons. The molecule has 2 N–H and O–H groups in total. The van der Waals surface area contributed by atoms with Crippen LogP contribution in [0.25, 0.3) is 0 Å². The quantitative estimate of drug-likeness (QED) is 0.889. The van der Waals surface area contributed by atoms with Gasteiger partial charge in [0.05, 0.1) is 12.0 Å². The van der Waals surface area contributed by atoms with Crippen LogP contribution in [-0.4, -0.2) is 38.8 Å². The molecule has 0 radical (unpaired) electrons. The van der Waals surface area contributed by atoms with E-state index in [-0.39, 0.29) is 17.4 Å². The van der Waals surface area contributed by atoms with Gasteiger partial charge in [0.2, 0.25) is 5.91 Å². The predicted octanol–water partition coefficient (Wildman–Crippen LogP) is 1.68. The van der Waals surface area contributed by atoms with Gasteiger partial charge >= 0.3 is 0 Å². The van der Waals surface area contributed by atoms with E-state index in [4.69, 9.17) is 4.74 Å². The molecule has 1 aliphatic carbocycles. The lowest BCUT2D eigenvalue weighted by Crippen LogP contribution is -2.53. The number of methoxy groups -OCH3 is 1. The Balaban J connectivity index is 1.66. The summed E-state index contributed by atoms with van der Waals surface area (Å²) in [6.45, 7) is 2.30. The maximum absolute atomic E-state index is 12.9. The number of benzene rings is 1. The third-order valence-electron chi connectivity index (χ3n) is 5.15. The summed E-state index contributed by atoms with van der Waals surface area (Å²) in [5.41, 5.74) is 2.46. The Morgan fingerprint density at radius 2 is 2.05 bits per heavy atom. The molecule has 3 rings (SSSR count). The summed E-state index contributed by atoms with van der Waals surface area (Å²) in [4.78, 5) is 12.9. The second-order valence-corrected chi connectivity index (χ2v) is 6.65. The number of carbonyl (C=O) groups is 1. The molecule has 0 bridgehead atoms. The summed E-state index contributed by atoms with van der Waals surface area (Å²) >= 11 is 0. The SMILES string of the molecule is COCC1(C(=O)NC2CCc3ccccc3C2)CCNCC1. The van der Waals surface area contributed by atoms with E-state index in [0.29, 0.717) is 6.61 Å². The molecule has 2 aliphatic rings. The molecule has 1 fully saturated rings. The van der Waals surface area contributed by atoms with E-state index >= 15 is 0 Å². The van der Waals surface area contributed by atoms with Crippen molar-refractivity contribution >= 4 is 5.91 Å². The van der Waals surface area contributed by atoms with Crippen molar-refractivity contribution in [2.75, 3.05) is 26.8 Å². The van der Waals surface area contributed by atoms with E-state index in [1.54, 1.807) is 7.11 Å². The van der Waals surface area contributed by atoms with Crippen LogP contribution in [0.4, 0.5) is 0 Å². The van der Waals surface area contributed by atoms with Gasteiger partial charge in [0, 0.05) is 13.2 Å². The van der Waals surface area contributed by atoms with Gasteiger partial charge in [0.25, 0.3) is 0 Å². The highest BCUT2D eigenvalue weighted by molar-refractivity contribution is 5.83. The number of rotatable bonds is 4. The highest BCUT2D eigenvalue weighted by Crippen LogP contribution is 2.30. The Morgan fingerprint density at radius 1 is 1.32 bits per heavy atom. The van der Waals surface area contributed by atoms with Crippen molar-refractivity contribution in [3.63, 3.8) is 0 Å². The number of hydrogen-bond donors (Lipinski definition) is 2. The minimum absolute atomic E-state index is 0.181. The molecule has 0 spiro atoms. The van der Waals surface area contributed by atoms with Crippen LogP contribution >= 0.6 is 0 Å². The average Bonchev–Trinajstić information content (AvgIpc) is 2.56. The monoisotopic (exact) mass is 302 g/mol. The van der Waals surface area contributed by atoms with Gasteiger partial charge in [-0.1, -0.05) is 24.3 Å². The van der Waals surface area contributed by atoms with Crippen molar-refractivity contribution in [2.24, 2.45) is 5.41 Å². The number of nitrogens with one attached hydrogen (secondary N) is 2. The summed E-state index contributed by atoms with van der Waals surface area (Å²) in [6.07, 6.45) is 4.75. The minimum atomic E-state index is -0.350. The Morgan fingerprint density at radius 3 is 2.77 bits per heavy atom. The van der Waals surface area contributed by atoms with Gasteiger partial charge in [-0.05, 0) is 56.3 Å². The van der Waals surface area contributed by atoms with Crippen molar-refractivity contribution in [1.82, 2.24) is 10.6 Å². The fraction of sp³-hybridized carbons (Fsp3) is 0.611. The molecule has 4 nitrogen and oxygen atoms in total. The van der Waals surface area contributed by atoms with E-state index in [9.17, 15) is 4.79 Å². The minimum Gasteiger partial charge on any atom is -0.384 e. The number of fused-ring (bicyclic) bond motifs is 1. The zero-order valence-electron chi connectivity index (χ0n) is 13.4. The zero-order valence-corrected chi connectivity index (χ0v) is 13.4. The molecule has 1 atom stereocenters. The van der Waals surface area contributed by atoms with Crippen LogP contribution in [0.1, 0.15) is 30.4 Å². The normalized spacial score (nSPS) is 23.6. The van der Waals surface area contributed by atoms with Gasteiger partial charge in [-0.2, -0.15) is 0 Å². The maximum Gasteiger partial charge on any atom is 0.228 e. The molecule has 4 heteroatoms. The first-order chi connectivity index (χ1) is 10.7. The van der Waals surface area contributed by atoms with Gasteiger partial charge in [-0.15, -0.1) is 0 Å². The summed E-state index contributed by atoms with van der Waals surface area (Å²) < 4.78 is 5.36. The van der Waals surface area contributed by atoms with Crippen LogP contribution in [-0.2, 0) is 22.4 Å². The Kier molecular flexibility index (Phi) is 4.79. The van der Waals surface area contributed by atoms with Crippen LogP contribution in [0.5, 0.6) is 0 Å². The number of amides is 1. The average molecular weight is 302 g/mol. The van der Waals surface area contributed by atoms with Gasteiger partial charge in [-0.3, -0.25) is 4.79 Å². The summed E-state index contributed by atoms with van der Waals surface area (Å²) in [5, 5.41) is 6.64. The first-order valence-electron chi connectivity index (χ1n) is 8.31. The fourth-order valence-electron chi connectivity index (χ4n) is 3.78. The van der Waals surface area contributed by atoms with Crippen LogP contribution in [0.2, 0.25) is 0 Å². The number of hydrogen-bond acceptors (Lipinski definition) is 3. The molecule has 22 heavy (non-hydrogen) atoms. The molecule has 1 aromatic rings. The molecule has 1 saturated heterocycles. The van der Waals surface area contributed by atoms with Crippen molar-refractivity contribution in [1.29, 1.82) is 0 Å². The highest BCUT2D eigenvalue weighted by Gasteiger charge is 2.40. The number of ether oxygens (including phenoxy) is 1. The Labute approximate surface area is 132 Å². The fourth-order valence-corrected chi connectivity index (χ4v) is 3.78. The lowest BCUT2D eigenvalue weighted by atomic mass is 9.78. The molecule has 1 unspecified atom stereocenters. The second-order valence-electron chi connectivity index (χ2n) is 6.65. The van der Waals surface area contributed by atoms with Crippen molar-refractivity contribution in [3.05, 3.63) is 35.4 Å². The van der Waals surface area contributed by atoms with E-state index in [0.717, 1.165) is 45.2 Å². The van der Waals surface area contributed by atoms with E-state index in [2.05, 4.69) is 34.9 Å². The zero-order chi connectivity index (χ0) is 15.4. The van der Waals surface area contributed by atoms with Crippen molar-refractivity contribution < 1.29 is 9.53 Å². The van der Waals surface area contributed by atoms with Gasteiger partial charge < -0.3 is 15.4 Å². The van der Waals surface area contributed by atoms with Crippen LogP contribution in [0.3, 0.4) is 0 Å². The number of piperidine rings is 1. The van der Waals surface area contributed by atoms with E-state index < -0.39 is 0 Å². The number of aryl methyl sites for hydroxylation is 1. The summed E-state index contributed by atoms with van der Waals surface area (Å²) in [7, 11) is 1.69. The first-order valence-corrected chi connectivity index (χ1v) is 8.31. The third kappa shape index (κ3) is 3.18. The van der Waals surface area contributed by atoms with Crippen LogP contribution in [0, 0.1) is 5.41 Å². The summed E-state index contributed by atoms with van der Waals surface area (Å²) in [5.74, 6) is 0.181. The maximum atomic E-state index is 12.9. The molecule has 1 heterocycles. The molecule has 1 aromatic carbocycles. The van der Waals surface area contributed by atoms with Crippen molar-refractivity contribution in [3.8, 4) is 0 Å². The predicted molar refractivity (Wildman–Crippen MR) is 86.8 cm³/mol. The molecule has 0 aromatic heterocycles. The van der Waals surface area contributed by atoms with Gasteiger partial charge in [-0.25, -0.2) is 0 Å². The van der Waals surface area contributed by atoms with Crippen LogP contribution in [0.15, 0.2) is 24.3 Å². The summed E-state index contributed by atoms with van der Waals surface area (Å²) in [6, 6.07) is 8.82. The van der Waals surface area contributed by atoms with Gasteiger partial charge in [0.1, 0.15) is 0 Å². The smallest absolute Gasteiger partial charge is 0.228 e. The molecular formula is C18H26N2O2. The Hall–Kier alpha value is -1.39. The Bertz CT molecular complexity index is 518. The largest absolute Gasteiger partial charge is 0.384 e. The molecule has 1 amide bonds. The first kappa shape index (κ1) is 15.5. The van der Waals surface area contributed by atoms with E-state index in [1.807, 2.05) is 0 Å². The topological polar surface area (TPSA) is 50.4 Å². The highest BCUT2D eigenvalue weighted by atomic mass is 16.5. The molecule has 0 saturated carbocycles. The number of carbonyl (C=O) groups excluding carboxylic acids is 1. The lowest BCUT2D eigenvalue weighted by molar-refractivity contribution is -0.137. The molecular weight excluding hydrogens is 276 g/mol.